The van der Waals surface area contributed by atoms with Crippen LogP contribution in [0.2, 0.25) is 0 Å². The maximum Gasteiger partial charge on any atom is 0.261 e. The van der Waals surface area contributed by atoms with Gasteiger partial charge in [0.25, 0.3) is 11.5 Å². The number of piperazine rings is 1. The van der Waals surface area contributed by atoms with Crippen molar-refractivity contribution in [1.82, 2.24) is 24.7 Å². The number of aryl methyl sites for hydroxylation is 1. The number of carbonyl (C=O) groups is 1. The maximum absolute atomic E-state index is 13.1. The van der Waals surface area contributed by atoms with Crippen LogP contribution in [0.3, 0.4) is 0 Å². The van der Waals surface area contributed by atoms with Crippen LogP contribution >= 0.6 is 12.4 Å². The molecule has 3 aliphatic heterocycles. The molecule has 0 spiro atoms. The molecular weight excluding hydrogens is 402 g/mol. The molecule has 162 valence electrons. The summed E-state index contributed by atoms with van der Waals surface area (Å²) in [6, 6.07) is 5.87. The second-order valence-corrected chi connectivity index (χ2v) is 8.51. The van der Waals surface area contributed by atoms with Crippen molar-refractivity contribution in [2.45, 2.75) is 44.7 Å². The number of amides is 1. The van der Waals surface area contributed by atoms with Crippen LogP contribution in [0.4, 0.5) is 0 Å². The number of aromatic nitrogens is 2. The zero-order chi connectivity index (χ0) is 19.8. The van der Waals surface area contributed by atoms with Crippen LogP contribution in [0.1, 0.15) is 41.9 Å². The number of fused-ring (bicyclic) bond motifs is 2. The zero-order valence-electron chi connectivity index (χ0n) is 17.3. The summed E-state index contributed by atoms with van der Waals surface area (Å²) < 4.78 is 1.83. The van der Waals surface area contributed by atoms with E-state index in [0.717, 1.165) is 83.7 Å². The second kappa shape index (κ2) is 9.04. The average Bonchev–Trinajstić information content (AvgIpc) is 3.13. The van der Waals surface area contributed by atoms with E-state index in [-0.39, 0.29) is 23.9 Å². The number of carbonyl (C=O) groups excluding carboxylic acids is 1. The Bertz CT molecular complexity index is 985. The molecule has 1 aromatic carbocycles. The van der Waals surface area contributed by atoms with Crippen molar-refractivity contribution in [3.63, 3.8) is 0 Å². The van der Waals surface area contributed by atoms with Gasteiger partial charge in [-0.25, -0.2) is 4.98 Å². The first-order valence-electron chi connectivity index (χ1n) is 11.0. The van der Waals surface area contributed by atoms with Crippen LogP contribution in [0.5, 0.6) is 0 Å². The van der Waals surface area contributed by atoms with Crippen LogP contribution in [0.25, 0.3) is 10.9 Å². The minimum Gasteiger partial charge on any atom is -0.337 e. The molecule has 2 saturated heterocycles. The van der Waals surface area contributed by atoms with E-state index in [4.69, 9.17) is 4.98 Å². The Labute approximate surface area is 182 Å². The Balaban J connectivity index is 0.00000218. The third-order valence-electron chi connectivity index (χ3n) is 6.68. The van der Waals surface area contributed by atoms with Crippen molar-refractivity contribution >= 4 is 29.2 Å². The van der Waals surface area contributed by atoms with E-state index in [9.17, 15) is 9.59 Å². The Morgan fingerprint density at radius 3 is 2.73 bits per heavy atom. The quantitative estimate of drug-likeness (QED) is 0.783. The first-order chi connectivity index (χ1) is 14.2. The van der Waals surface area contributed by atoms with Crippen molar-refractivity contribution in [3.05, 3.63) is 39.9 Å². The predicted octanol–water partition coefficient (Wildman–Crippen LogP) is 1.66. The molecule has 4 heterocycles. The monoisotopic (exact) mass is 431 g/mol. The molecule has 0 aliphatic carbocycles. The van der Waals surface area contributed by atoms with Gasteiger partial charge in [-0.1, -0.05) is 6.42 Å². The van der Waals surface area contributed by atoms with Crippen LogP contribution in [-0.2, 0) is 13.0 Å². The zero-order valence-corrected chi connectivity index (χ0v) is 18.1. The van der Waals surface area contributed by atoms with Gasteiger partial charge in [0, 0.05) is 63.8 Å². The van der Waals surface area contributed by atoms with Crippen LogP contribution in [0, 0.1) is 0 Å². The molecule has 0 radical (unpaired) electrons. The number of benzene rings is 1. The lowest BCUT2D eigenvalue weighted by atomic mass is 10.1. The fraction of sp³-hybridized carbons (Fsp3) is 0.591. The SMILES string of the molecule is Cl.O=C(c1ccc2c(=O)n3c(nc2c1)CCCCC3)N1CCC(N2CCNCC2)C1. The summed E-state index contributed by atoms with van der Waals surface area (Å²) in [4.78, 5) is 35.3. The molecule has 30 heavy (non-hydrogen) atoms. The van der Waals surface area contributed by atoms with Crippen molar-refractivity contribution in [2.24, 2.45) is 0 Å². The Hall–Kier alpha value is -1.96. The van der Waals surface area contributed by atoms with Gasteiger partial charge in [-0.15, -0.1) is 12.4 Å². The van der Waals surface area contributed by atoms with Gasteiger partial charge >= 0.3 is 0 Å². The molecule has 1 amide bonds. The van der Waals surface area contributed by atoms with Gasteiger partial charge in [0.05, 0.1) is 10.9 Å². The molecule has 7 nitrogen and oxygen atoms in total. The van der Waals surface area contributed by atoms with Gasteiger partial charge in [-0.2, -0.15) is 0 Å². The van der Waals surface area contributed by atoms with Crippen LogP contribution < -0.4 is 10.9 Å². The Kier molecular flexibility index (Phi) is 6.41. The molecular formula is C22H30ClN5O2. The fourth-order valence-corrected chi connectivity index (χ4v) is 5.01. The smallest absolute Gasteiger partial charge is 0.261 e. The van der Waals surface area contributed by atoms with Gasteiger partial charge in [-0.05, 0) is 37.5 Å². The number of hydrogen-bond acceptors (Lipinski definition) is 5. The minimum absolute atomic E-state index is 0. The van der Waals surface area contributed by atoms with Crippen molar-refractivity contribution < 1.29 is 4.79 Å². The molecule has 1 aromatic heterocycles. The molecule has 1 unspecified atom stereocenters. The highest BCUT2D eigenvalue weighted by molar-refractivity contribution is 5.97. The Morgan fingerprint density at radius 2 is 1.90 bits per heavy atom. The van der Waals surface area contributed by atoms with Crippen molar-refractivity contribution in [3.8, 4) is 0 Å². The summed E-state index contributed by atoms with van der Waals surface area (Å²) in [6.45, 7) is 6.51. The molecule has 8 heteroatoms. The lowest BCUT2D eigenvalue weighted by Gasteiger charge is -2.32. The number of halogens is 1. The minimum atomic E-state index is 0. The average molecular weight is 432 g/mol. The molecule has 3 aliphatic rings. The summed E-state index contributed by atoms with van der Waals surface area (Å²) in [5.41, 5.74) is 1.33. The number of hydrogen-bond donors (Lipinski definition) is 1. The normalized spacial score (nSPS) is 22.4. The molecule has 1 atom stereocenters. The van der Waals surface area contributed by atoms with E-state index in [0.29, 0.717) is 22.5 Å². The van der Waals surface area contributed by atoms with E-state index < -0.39 is 0 Å². The summed E-state index contributed by atoms with van der Waals surface area (Å²) in [7, 11) is 0. The molecule has 0 bridgehead atoms. The lowest BCUT2D eigenvalue weighted by molar-refractivity contribution is 0.0773. The third-order valence-corrected chi connectivity index (χ3v) is 6.68. The molecule has 0 saturated carbocycles. The van der Waals surface area contributed by atoms with E-state index in [1.165, 1.54) is 0 Å². The summed E-state index contributed by atoms with van der Waals surface area (Å²) in [5, 5.41) is 4.01. The number of nitrogens with one attached hydrogen (secondary N) is 1. The third kappa shape index (κ3) is 3.98. The van der Waals surface area contributed by atoms with Crippen LogP contribution in [-0.4, -0.2) is 70.6 Å². The summed E-state index contributed by atoms with van der Waals surface area (Å²) in [6.07, 6.45) is 5.10. The van der Waals surface area contributed by atoms with E-state index in [1.54, 1.807) is 12.1 Å². The molecule has 2 fully saturated rings. The number of rotatable bonds is 2. The fourth-order valence-electron chi connectivity index (χ4n) is 5.01. The highest BCUT2D eigenvalue weighted by Gasteiger charge is 2.31. The van der Waals surface area contributed by atoms with Crippen molar-refractivity contribution in [1.29, 1.82) is 0 Å². The van der Waals surface area contributed by atoms with Crippen molar-refractivity contribution in [2.75, 3.05) is 39.3 Å². The highest BCUT2D eigenvalue weighted by atomic mass is 35.5. The molecule has 5 rings (SSSR count). The van der Waals surface area contributed by atoms with Gasteiger partial charge in [0.15, 0.2) is 0 Å². The topological polar surface area (TPSA) is 70.5 Å². The number of nitrogens with zero attached hydrogens (tertiary/aromatic N) is 4. The van der Waals surface area contributed by atoms with Gasteiger partial charge in [0.1, 0.15) is 5.82 Å². The van der Waals surface area contributed by atoms with E-state index in [2.05, 4.69) is 10.2 Å². The Morgan fingerprint density at radius 1 is 1.07 bits per heavy atom. The van der Waals surface area contributed by atoms with Gasteiger partial charge in [0.2, 0.25) is 0 Å². The van der Waals surface area contributed by atoms with E-state index in [1.807, 2.05) is 15.5 Å². The summed E-state index contributed by atoms with van der Waals surface area (Å²) >= 11 is 0. The largest absolute Gasteiger partial charge is 0.337 e. The number of likely N-dealkylation sites (tertiary alicyclic amines) is 1. The van der Waals surface area contributed by atoms with Crippen LogP contribution in [0.15, 0.2) is 23.0 Å². The lowest BCUT2D eigenvalue weighted by Crippen LogP contribution is -2.49. The second-order valence-electron chi connectivity index (χ2n) is 8.51. The first kappa shape index (κ1) is 21.3. The highest BCUT2D eigenvalue weighted by Crippen LogP contribution is 2.21. The molecule has 1 N–H and O–H groups in total. The standard InChI is InChI=1S/C22H29N5O2.ClH/c28-21(26-11-7-17(15-26)25-12-8-23-9-13-25)16-5-6-18-19(14-16)24-20-4-2-1-3-10-27(20)22(18)29;/h5-6,14,17,23H,1-4,7-13,15H2;1H. The maximum atomic E-state index is 13.1. The van der Waals surface area contributed by atoms with Gasteiger partial charge in [-0.3, -0.25) is 19.1 Å². The predicted molar refractivity (Wildman–Crippen MR) is 120 cm³/mol. The van der Waals surface area contributed by atoms with Gasteiger partial charge < -0.3 is 10.2 Å². The van der Waals surface area contributed by atoms with E-state index >= 15 is 0 Å². The summed E-state index contributed by atoms with van der Waals surface area (Å²) in [5.74, 6) is 0.922. The molecule has 2 aromatic rings. The first-order valence-corrected chi connectivity index (χ1v) is 11.0.